The van der Waals surface area contributed by atoms with Crippen LogP contribution >= 0.6 is 0 Å². The molecule has 0 aliphatic carbocycles. The number of aromatic nitrogens is 3. The van der Waals surface area contributed by atoms with Crippen molar-refractivity contribution in [3.05, 3.63) is 69.6 Å². The molecule has 166 valence electrons. The molecule has 0 amide bonds. The number of carbonyl (C=O) groups is 1. The largest absolute Gasteiger partial charge is 0.465 e. The molecule has 2 aromatic heterocycles. The number of nitrogens with one attached hydrogen (secondary N) is 1. The van der Waals surface area contributed by atoms with Crippen molar-refractivity contribution >= 4 is 33.5 Å². The van der Waals surface area contributed by atoms with E-state index in [4.69, 9.17) is 4.74 Å². The number of esters is 1. The topological polar surface area (TPSA) is 78.2 Å². The highest BCUT2D eigenvalue weighted by molar-refractivity contribution is 6.06. The summed E-state index contributed by atoms with van der Waals surface area (Å²) in [6.45, 7) is 5.52. The molecule has 2 heterocycles. The summed E-state index contributed by atoms with van der Waals surface area (Å²) >= 11 is 0. The third-order valence-corrected chi connectivity index (χ3v) is 5.72. The van der Waals surface area contributed by atoms with E-state index in [0.717, 1.165) is 40.6 Å². The predicted octanol–water partition coefficient (Wildman–Crippen LogP) is 4.05. The Labute approximate surface area is 186 Å². The number of hydrogen-bond donors (Lipinski definition) is 1. The van der Waals surface area contributed by atoms with E-state index in [1.165, 1.54) is 7.11 Å². The Morgan fingerprint density at radius 2 is 1.97 bits per heavy atom. The zero-order valence-corrected chi connectivity index (χ0v) is 18.9. The van der Waals surface area contributed by atoms with Crippen molar-refractivity contribution in [2.75, 3.05) is 19.0 Å². The second-order valence-electron chi connectivity index (χ2n) is 8.05. The minimum Gasteiger partial charge on any atom is -0.465 e. The van der Waals surface area contributed by atoms with Gasteiger partial charge in [0.15, 0.2) is 5.65 Å². The van der Waals surface area contributed by atoms with E-state index >= 15 is 0 Å². The van der Waals surface area contributed by atoms with Crippen molar-refractivity contribution in [3.8, 4) is 0 Å². The van der Waals surface area contributed by atoms with Crippen LogP contribution in [-0.4, -0.2) is 34.0 Å². The number of hydrogen-bond acceptors (Lipinski definition) is 5. The standard InChI is InChI=1S/C25H28N4O3/c1-5-12-29-15-20-22-17(10-11-26-21-9-7-6-8-18(21)25(31)32-4)13-16(2)14-19(22)24(30)28(3)23(20)27-29/h6-9,13-15,26H,5,10-12H2,1-4H3. The average Bonchev–Trinajstić information content (AvgIpc) is 3.21. The molecular weight excluding hydrogens is 404 g/mol. The number of methoxy groups -OCH3 is 1. The third kappa shape index (κ3) is 3.86. The first kappa shape index (κ1) is 21.6. The fourth-order valence-corrected chi connectivity index (χ4v) is 4.26. The first-order valence-corrected chi connectivity index (χ1v) is 10.8. The molecule has 0 saturated carbocycles. The lowest BCUT2D eigenvalue weighted by atomic mass is 9.98. The fourth-order valence-electron chi connectivity index (χ4n) is 4.26. The van der Waals surface area contributed by atoms with Gasteiger partial charge in [-0.25, -0.2) is 4.79 Å². The van der Waals surface area contributed by atoms with Crippen LogP contribution in [0.25, 0.3) is 21.8 Å². The molecule has 0 aliphatic rings. The molecule has 0 aliphatic heterocycles. The van der Waals surface area contributed by atoms with Crippen LogP contribution in [0.4, 0.5) is 5.69 Å². The fraction of sp³-hybridized carbons (Fsp3) is 0.320. The Balaban J connectivity index is 1.75. The number of anilines is 1. The average molecular weight is 433 g/mol. The molecule has 2 aromatic carbocycles. The van der Waals surface area contributed by atoms with Crippen LogP contribution in [0.2, 0.25) is 0 Å². The molecule has 0 radical (unpaired) electrons. The van der Waals surface area contributed by atoms with Gasteiger partial charge in [0, 0.05) is 48.2 Å². The number of fused-ring (bicyclic) bond motifs is 3. The van der Waals surface area contributed by atoms with Crippen LogP contribution in [0.3, 0.4) is 0 Å². The summed E-state index contributed by atoms with van der Waals surface area (Å²) in [4.78, 5) is 25.2. The highest BCUT2D eigenvalue weighted by Gasteiger charge is 2.16. The maximum Gasteiger partial charge on any atom is 0.339 e. The summed E-state index contributed by atoms with van der Waals surface area (Å²) < 4.78 is 8.44. The predicted molar refractivity (Wildman–Crippen MR) is 127 cm³/mol. The van der Waals surface area contributed by atoms with Gasteiger partial charge in [0.25, 0.3) is 5.56 Å². The highest BCUT2D eigenvalue weighted by atomic mass is 16.5. The summed E-state index contributed by atoms with van der Waals surface area (Å²) in [5.41, 5.74) is 4.02. The summed E-state index contributed by atoms with van der Waals surface area (Å²) in [5.74, 6) is -0.373. The van der Waals surface area contributed by atoms with Crippen molar-refractivity contribution in [2.24, 2.45) is 7.05 Å². The first-order valence-electron chi connectivity index (χ1n) is 10.8. The van der Waals surface area contributed by atoms with Crippen LogP contribution in [-0.2, 0) is 24.8 Å². The molecule has 0 spiro atoms. The molecule has 7 heteroatoms. The van der Waals surface area contributed by atoms with Gasteiger partial charge in [-0.3, -0.25) is 14.0 Å². The normalized spacial score (nSPS) is 11.2. The number of aryl methyl sites for hydroxylation is 3. The quantitative estimate of drug-likeness (QED) is 0.446. The van der Waals surface area contributed by atoms with Gasteiger partial charge >= 0.3 is 5.97 Å². The molecule has 32 heavy (non-hydrogen) atoms. The van der Waals surface area contributed by atoms with Crippen LogP contribution in [0.15, 0.2) is 47.4 Å². The van der Waals surface area contributed by atoms with Crippen molar-refractivity contribution in [1.82, 2.24) is 14.3 Å². The van der Waals surface area contributed by atoms with E-state index < -0.39 is 0 Å². The summed E-state index contributed by atoms with van der Waals surface area (Å²) in [5, 5.41) is 10.7. The monoisotopic (exact) mass is 432 g/mol. The number of benzene rings is 2. The second-order valence-corrected chi connectivity index (χ2v) is 8.05. The molecule has 7 nitrogen and oxygen atoms in total. The number of para-hydroxylation sites is 1. The number of rotatable bonds is 7. The van der Waals surface area contributed by atoms with Crippen molar-refractivity contribution in [2.45, 2.75) is 33.2 Å². The van der Waals surface area contributed by atoms with Gasteiger partial charge in [-0.1, -0.05) is 30.7 Å². The highest BCUT2D eigenvalue weighted by Crippen LogP contribution is 2.27. The lowest BCUT2D eigenvalue weighted by Crippen LogP contribution is -2.18. The van der Waals surface area contributed by atoms with Crippen LogP contribution in [0.5, 0.6) is 0 Å². The zero-order valence-electron chi connectivity index (χ0n) is 18.9. The van der Waals surface area contributed by atoms with Gasteiger partial charge in [-0.05, 0) is 43.5 Å². The van der Waals surface area contributed by atoms with Gasteiger partial charge in [-0.2, -0.15) is 5.10 Å². The zero-order chi connectivity index (χ0) is 22.8. The molecule has 0 atom stereocenters. The first-order chi connectivity index (χ1) is 15.4. The Hall–Kier alpha value is -3.61. The maximum atomic E-state index is 13.1. The Morgan fingerprint density at radius 3 is 2.72 bits per heavy atom. The molecule has 4 rings (SSSR count). The van der Waals surface area contributed by atoms with Crippen LogP contribution in [0, 0.1) is 6.92 Å². The lowest BCUT2D eigenvalue weighted by molar-refractivity contribution is 0.0602. The van der Waals surface area contributed by atoms with E-state index in [9.17, 15) is 9.59 Å². The molecule has 0 saturated heterocycles. The Morgan fingerprint density at radius 1 is 1.19 bits per heavy atom. The lowest BCUT2D eigenvalue weighted by Gasteiger charge is -2.13. The minimum absolute atomic E-state index is 0.0387. The van der Waals surface area contributed by atoms with Crippen molar-refractivity contribution in [3.63, 3.8) is 0 Å². The number of carbonyl (C=O) groups excluding carboxylic acids is 1. The van der Waals surface area contributed by atoms with Gasteiger partial charge in [-0.15, -0.1) is 0 Å². The molecule has 0 bridgehead atoms. The smallest absolute Gasteiger partial charge is 0.339 e. The number of pyridine rings is 1. The van der Waals surface area contributed by atoms with E-state index in [-0.39, 0.29) is 11.5 Å². The molecular formula is C25H28N4O3. The maximum absolute atomic E-state index is 13.1. The molecule has 1 N–H and O–H groups in total. The van der Waals surface area contributed by atoms with Gasteiger partial charge in [0.05, 0.1) is 12.7 Å². The van der Waals surface area contributed by atoms with Crippen molar-refractivity contribution < 1.29 is 9.53 Å². The van der Waals surface area contributed by atoms with Gasteiger partial charge < -0.3 is 10.1 Å². The van der Waals surface area contributed by atoms with E-state index in [1.54, 1.807) is 17.7 Å². The van der Waals surface area contributed by atoms with Gasteiger partial charge in [0.1, 0.15) is 0 Å². The summed E-state index contributed by atoms with van der Waals surface area (Å²) in [6.07, 6.45) is 3.70. The summed E-state index contributed by atoms with van der Waals surface area (Å²) in [6, 6.07) is 11.4. The molecule has 0 unspecified atom stereocenters. The number of ether oxygens (including phenoxy) is 1. The molecule has 0 fully saturated rings. The SMILES string of the molecule is CCCn1cc2c3c(CCNc4ccccc4C(=O)OC)cc(C)cc3c(=O)n(C)c2n1. The second kappa shape index (κ2) is 8.86. The van der Waals surface area contributed by atoms with Gasteiger partial charge in [0.2, 0.25) is 0 Å². The van der Waals surface area contributed by atoms with Crippen LogP contribution < -0.4 is 10.9 Å². The van der Waals surface area contributed by atoms with E-state index in [0.29, 0.717) is 29.6 Å². The molecule has 4 aromatic rings. The third-order valence-electron chi connectivity index (χ3n) is 5.72. The Kier molecular flexibility index (Phi) is 5.99. The van der Waals surface area contributed by atoms with Crippen LogP contribution in [0.1, 0.15) is 34.8 Å². The number of nitrogens with zero attached hydrogens (tertiary/aromatic N) is 3. The van der Waals surface area contributed by atoms with E-state index in [2.05, 4.69) is 23.4 Å². The minimum atomic E-state index is -0.373. The van der Waals surface area contributed by atoms with E-state index in [1.807, 2.05) is 42.1 Å². The van der Waals surface area contributed by atoms with Crippen molar-refractivity contribution in [1.29, 1.82) is 0 Å². The Bertz CT molecular complexity index is 1370. The summed E-state index contributed by atoms with van der Waals surface area (Å²) in [7, 11) is 3.16.